The highest BCUT2D eigenvalue weighted by Crippen LogP contribution is 2.41. The monoisotopic (exact) mass is 671 g/mol. The van der Waals surface area contributed by atoms with Crippen molar-refractivity contribution in [1.82, 2.24) is 0 Å². The van der Waals surface area contributed by atoms with Crippen LogP contribution in [0.25, 0.3) is 55.6 Å². The van der Waals surface area contributed by atoms with Crippen molar-refractivity contribution in [3.8, 4) is 67.1 Å². The van der Waals surface area contributed by atoms with Gasteiger partial charge in [-0.2, -0.15) is 0 Å². The molecule has 0 saturated carbocycles. The minimum absolute atomic E-state index is 0.0896. The average Bonchev–Trinajstić information content (AvgIpc) is 3.22. The van der Waals surface area contributed by atoms with Crippen molar-refractivity contribution in [3.05, 3.63) is 205 Å². The fourth-order valence-electron chi connectivity index (χ4n) is 6.95. The summed E-state index contributed by atoms with van der Waals surface area (Å²) in [7, 11) is 0. The third kappa shape index (κ3) is 6.90. The van der Waals surface area contributed by atoms with Crippen molar-refractivity contribution in [2.75, 3.05) is 0 Å². The molecule has 0 bridgehead atoms. The Morgan fingerprint density at radius 1 is 0.481 bits per heavy atom. The molecule has 1 atom stereocenters. The lowest BCUT2D eigenvalue weighted by atomic mass is 9.75. The highest BCUT2D eigenvalue weighted by Gasteiger charge is 2.25. The van der Waals surface area contributed by atoms with E-state index < -0.39 is 0 Å². The molecule has 7 aromatic carbocycles. The van der Waals surface area contributed by atoms with Crippen LogP contribution >= 0.6 is 0 Å². The summed E-state index contributed by atoms with van der Waals surface area (Å²) >= 11 is 0. The highest BCUT2D eigenvalue weighted by molar-refractivity contribution is 5.83. The molecular formula is C49H37NO2. The molecule has 250 valence electrons. The Labute approximate surface area is 305 Å². The number of nitrogens with zero attached hydrogens (tertiary/aromatic N) is 1. The Bertz CT molecular complexity index is 2360. The summed E-state index contributed by atoms with van der Waals surface area (Å²) in [6.07, 6.45) is 9.74. The number of rotatable bonds is 9. The van der Waals surface area contributed by atoms with E-state index in [1.165, 1.54) is 16.7 Å². The molecule has 1 unspecified atom stereocenters. The number of ether oxygens (including phenoxy) is 1. The summed E-state index contributed by atoms with van der Waals surface area (Å²) < 4.78 is 6.29. The fraction of sp³-hybridized carbons (Fsp3) is 0.0612. The van der Waals surface area contributed by atoms with E-state index in [9.17, 15) is 4.91 Å². The van der Waals surface area contributed by atoms with Crippen molar-refractivity contribution in [3.63, 3.8) is 0 Å². The fourth-order valence-corrected chi connectivity index (χ4v) is 6.95. The van der Waals surface area contributed by atoms with E-state index in [1.54, 1.807) is 0 Å². The predicted octanol–water partition coefficient (Wildman–Crippen LogP) is 14.0. The maximum absolute atomic E-state index is 12.2. The van der Waals surface area contributed by atoms with Crippen molar-refractivity contribution in [2.45, 2.75) is 18.8 Å². The van der Waals surface area contributed by atoms with Gasteiger partial charge in [-0.05, 0) is 121 Å². The molecule has 0 spiro atoms. The van der Waals surface area contributed by atoms with Gasteiger partial charge in [0.05, 0.1) is 0 Å². The molecule has 1 aliphatic carbocycles. The van der Waals surface area contributed by atoms with Crippen LogP contribution in [0.15, 0.2) is 199 Å². The van der Waals surface area contributed by atoms with Gasteiger partial charge in [-0.3, -0.25) is 0 Å². The van der Waals surface area contributed by atoms with E-state index in [0.29, 0.717) is 11.5 Å². The second-order valence-electron chi connectivity index (χ2n) is 13.5. The van der Waals surface area contributed by atoms with Gasteiger partial charge in [-0.15, -0.1) is 4.91 Å². The third-order valence-electron chi connectivity index (χ3n) is 9.91. The second-order valence-corrected chi connectivity index (χ2v) is 13.5. The molecular weight excluding hydrogens is 635 g/mol. The molecule has 8 rings (SSSR count). The van der Waals surface area contributed by atoms with Crippen molar-refractivity contribution < 1.29 is 4.74 Å². The minimum Gasteiger partial charge on any atom is -0.455 e. The second kappa shape index (κ2) is 14.3. The van der Waals surface area contributed by atoms with Crippen molar-refractivity contribution in [1.29, 1.82) is 0 Å². The van der Waals surface area contributed by atoms with Crippen molar-refractivity contribution in [2.24, 2.45) is 5.18 Å². The zero-order valence-electron chi connectivity index (χ0n) is 28.9. The van der Waals surface area contributed by atoms with E-state index in [4.69, 9.17) is 4.74 Å². The van der Waals surface area contributed by atoms with Gasteiger partial charge in [0.15, 0.2) is 11.4 Å². The van der Waals surface area contributed by atoms with Gasteiger partial charge in [0.25, 0.3) is 0 Å². The average molecular weight is 672 g/mol. The van der Waals surface area contributed by atoms with Crippen LogP contribution < -0.4 is 4.74 Å². The largest absolute Gasteiger partial charge is 0.455 e. The Kier molecular flexibility index (Phi) is 8.99. The molecule has 0 N–H and O–H groups in total. The molecule has 0 aliphatic heterocycles. The number of allylic oxidation sites excluding steroid dienone is 4. The van der Waals surface area contributed by atoms with E-state index >= 15 is 0 Å². The first-order valence-electron chi connectivity index (χ1n) is 17.6. The number of hydrogen-bond donors (Lipinski definition) is 0. The first-order valence-corrected chi connectivity index (χ1v) is 17.6. The SMILES string of the molecule is CC1(c2cc(-c3ccccc3)cc(-c3ccc(Oc4ccc(-c5cc(-c6ccccc6)cc(-c6ccccc6)c5)cc4N=O)cc3)c2)C=CC=CC1. The Morgan fingerprint density at radius 3 is 1.42 bits per heavy atom. The minimum atomic E-state index is -0.0896. The first-order chi connectivity index (χ1) is 25.5. The molecule has 0 amide bonds. The Morgan fingerprint density at radius 2 is 0.942 bits per heavy atom. The normalized spacial score (nSPS) is 14.9. The van der Waals surface area contributed by atoms with Gasteiger partial charge in [0.1, 0.15) is 5.75 Å². The van der Waals surface area contributed by atoms with Gasteiger partial charge in [-0.25, -0.2) is 0 Å². The van der Waals surface area contributed by atoms with E-state index in [1.807, 2.05) is 72.8 Å². The lowest BCUT2D eigenvalue weighted by molar-refractivity contribution is 0.484. The van der Waals surface area contributed by atoms with Crippen LogP contribution in [0.1, 0.15) is 18.9 Å². The zero-order chi connectivity index (χ0) is 35.3. The standard InChI is InChI=1S/C49H37NO2/c1-49(26-12-5-13-27-49)45-32-43(37-18-10-4-11-19-37)31-44(33-45)38-20-23-46(24-21-38)52-48-25-22-39(34-47(48)50-51)42-29-40(35-14-6-2-7-15-35)28-41(30-42)36-16-8-3-9-17-36/h2-26,28-34H,27H2,1H3. The smallest absolute Gasteiger partial charge is 0.156 e. The number of nitroso groups, excluding NO2 is 1. The molecule has 0 saturated heterocycles. The Balaban J connectivity index is 1.10. The molecule has 0 aromatic heterocycles. The quantitative estimate of drug-likeness (QED) is 0.143. The van der Waals surface area contributed by atoms with E-state index in [2.05, 4.69) is 133 Å². The van der Waals surface area contributed by atoms with Gasteiger partial charge in [-0.1, -0.05) is 153 Å². The molecule has 0 fully saturated rings. The summed E-state index contributed by atoms with van der Waals surface area (Å²) in [5, 5.41) is 3.39. The maximum Gasteiger partial charge on any atom is 0.156 e. The van der Waals surface area contributed by atoms with Crippen molar-refractivity contribution >= 4 is 5.69 Å². The summed E-state index contributed by atoms with van der Waals surface area (Å²) in [4.78, 5) is 12.2. The molecule has 3 heteroatoms. The topological polar surface area (TPSA) is 38.7 Å². The first kappa shape index (κ1) is 32.6. The molecule has 0 radical (unpaired) electrons. The summed E-state index contributed by atoms with van der Waals surface area (Å²) in [5.41, 5.74) is 12.3. The predicted molar refractivity (Wildman–Crippen MR) is 216 cm³/mol. The summed E-state index contributed by atoms with van der Waals surface area (Å²) in [6.45, 7) is 2.30. The van der Waals surface area contributed by atoms with E-state index in [0.717, 1.165) is 50.9 Å². The molecule has 1 aliphatic rings. The van der Waals surface area contributed by atoms with Crippen LogP contribution in [-0.2, 0) is 5.41 Å². The number of benzene rings is 7. The van der Waals surface area contributed by atoms with Crippen LogP contribution in [0.4, 0.5) is 5.69 Å². The van der Waals surface area contributed by atoms with Gasteiger partial charge >= 0.3 is 0 Å². The Hall–Kier alpha value is -6.58. The highest BCUT2D eigenvalue weighted by atomic mass is 16.5. The molecule has 52 heavy (non-hydrogen) atoms. The van der Waals surface area contributed by atoms with Crippen LogP contribution in [0.5, 0.6) is 11.5 Å². The summed E-state index contributed by atoms with van der Waals surface area (Å²) in [6, 6.07) is 58.3. The molecule has 3 nitrogen and oxygen atoms in total. The lowest BCUT2D eigenvalue weighted by Gasteiger charge is -2.28. The summed E-state index contributed by atoms with van der Waals surface area (Å²) in [5.74, 6) is 1.04. The van der Waals surface area contributed by atoms with Crippen LogP contribution in [0.2, 0.25) is 0 Å². The number of hydrogen-bond acceptors (Lipinski definition) is 3. The van der Waals surface area contributed by atoms with Crippen LogP contribution in [-0.4, -0.2) is 0 Å². The van der Waals surface area contributed by atoms with E-state index in [-0.39, 0.29) is 11.1 Å². The van der Waals surface area contributed by atoms with Crippen LogP contribution in [0.3, 0.4) is 0 Å². The zero-order valence-corrected chi connectivity index (χ0v) is 28.9. The maximum atomic E-state index is 12.2. The lowest BCUT2D eigenvalue weighted by Crippen LogP contribution is -2.19. The third-order valence-corrected chi connectivity index (χ3v) is 9.91. The van der Waals surface area contributed by atoms with Crippen LogP contribution in [0, 0.1) is 4.91 Å². The molecule has 7 aromatic rings. The molecule has 0 heterocycles. The van der Waals surface area contributed by atoms with Gasteiger partial charge in [0.2, 0.25) is 0 Å². The van der Waals surface area contributed by atoms with Gasteiger partial charge in [0, 0.05) is 5.41 Å². The van der Waals surface area contributed by atoms with Gasteiger partial charge < -0.3 is 4.74 Å².